The second-order valence-corrected chi connectivity index (χ2v) is 10.3. The second kappa shape index (κ2) is 9.17. The summed E-state index contributed by atoms with van der Waals surface area (Å²) in [5.41, 5.74) is 12.1. The van der Waals surface area contributed by atoms with E-state index in [1.807, 2.05) is 12.1 Å². The van der Waals surface area contributed by atoms with E-state index >= 15 is 0 Å². The number of halogens is 1. The van der Waals surface area contributed by atoms with E-state index in [2.05, 4.69) is 140 Å². The zero-order valence-corrected chi connectivity index (χ0v) is 21.6. The summed E-state index contributed by atoms with van der Waals surface area (Å²) in [5, 5.41) is 0.749. The van der Waals surface area contributed by atoms with E-state index in [9.17, 15) is 0 Å². The summed E-state index contributed by atoms with van der Waals surface area (Å²) in [6, 6.07) is 54.6. The van der Waals surface area contributed by atoms with Gasteiger partial charge in [-0.25, -0.2) is 0 Å². The zero-order valence-electron chi connectivity index (χ0n) is 20.8. The first kappa shape index (κ1) is 22.8. The fourth-order valence-corrected chi connectivity index (χ4v) is 6.27. The van der Waals surface area contributed by atoms with E-state index in [1.165, 1.54) is 50.1 Å². The Morgan fingerprint density at radius 1 is 0.368 bits per heavy atom. The monoisotopic (exact) mass is 504 g/mol. The molecule has 1 heteroatoms. The van der Waals surface area contributed by atoms with Crippen LogP contribution in [0.5, 0.6) is 0 Å². The average molecular weight is 505 g/mol. The fourth-order valence-electron chi connectivity index (χ4n) is 6.14. The van der Waals surface area contributed by atoms with Crippen LogP contribution < -0.4 is 0 Å². The molecule has 38 heavy (non-hydrogen) atoms. The Bertz CT molecular complexity index is 1700. The summed E-state index contributed by atoms with van der Waals surface area (Å²) < 4.78 is 0. The van der Waals surface area contributed by atoms with Crippen molar-refractivity contribution in [3.05, 3.63) is 179 Å². The molecule has 0 saturated heterocycles. The first-order chi connectivity index (χ1) is 18.7. The van der Waals surface area contributed by atoms with Gasteiger partial charge in [0.05, 0.1) is 5.41 Å². The molecule has 1 aliphatic carbocycles. The van der Waals surface area contributed by atoms with Gasteiger partial charge in [0.15, 0.2) is 0 Å². The molecule has 180 valence electrons. The maximum absolute atomic E-state index is 6.21. The van der Waals surface area contributed by atoms with E-state index < -0.39 is 5.41 Å². The molecule has 0 unspecified atom stereocenters. The first-order valence-electron chi connectivity index (χ1n) is 13.0. The summed E-state index contributed by atoms with van der Waals surface area (Å²) >= 11 is 6.21. The highest BCUT2D eigenvalue weighted by Gasteiger charge is 2.45. The Balaban J connectivity index is 1.50. The van der Waals surface area contributed by atoms with Crippen LogP contribution in [0.25, 0.3) is 33.4 Å². The second-order valence-electron chi connectivity index (χ2n) is 9.87. The van der Waals surface area contributed by atoms with Gasteiger partial charge < -0.3 is 0 Å². The molecule has 0 radical (unpaired) electrons. The molecule has 0 spiro atoms. The quantitative estimate of drug-likeness (QED) is 0.223. The number of hydrogen-bond acceptors (Lipinski definition) is 0. The van der Waals surface area contributed by atoms with Crippen molar-refractivity contribution in [2.24, 2.45) is 0 Å². The van der Waals surface area contributed by atoms with Crippen LogP contribution in [0.2, 0.25) is 5.02 Å². The molecule has 0 fully saturated rings. The number of fused-ring (bicyclic) bond motifs is 3. The lowest BCUT2D eigenvalue weighted by atomic mass is 9.67. The van der Waals surface area contributed by atoms with Crippen LogP contribution in [-0.2, 0) is 5.41 Å². The Morgan fingerprint density at radius 3 is 1.53 bits per heavy atom. The summed E-state index contributed by atoms with van der Waals surface area (Å²) in [5.74, 6) is 0. The topological polar surface area (TPSA) is 0 Å². The van der Waals surface area contributed by atoms with Crippen molar-refractivity contribution in [2.45, 2.75) is 5.41 Å². The number of hydrogen-bond donors (Lipinski definition) is 0. The molecule has 0 aliphatic heterocycles. The minimum absolute atomic E-state index is 0.426. The molecule has 6 aromatic rings. The smallest absolute Gasteiger partial charge is 0.0713 e. The Hall–Kier alpha value is -4.39. The zero-order chi connectivity index (χ0) is 25.5. The van der Waals surface area contributed by atoms with Crippen molar-refractivity contribution in [3.63, 3.8) is 0 Å². The summed E-state index contributed by atoms with van der Waals surface area (Å²) in [4.78, 5) is 0. The average Bonchev–Trinajstić information content (AvgIpc) is 3.29. The van der Waals surface area contributed by atoms with Crippen molar-refractivity contribution < 1.29 is 0 Å². The highest BCUT2D eigenvalue weighted by molar-refractivity contribution is 6.30. The first-order valence-corrected chi connectivity index (χ1v) is 13.3. The molecule has 1 aliphatic rings. The maximum Gasteiger partial charge on any atom is 0.0713 e. The van der Waals surface area contributed by atoms with Crippen LogP contribution >= 0.6 is 11.6 Å². The molecule has 0 N–H and O–H groups in total. The maximum atomic E-state index is 6.21. The molecule has 0 amide bonds. The number of rotatable bonds is 4. The Kier molecular flexibility index (Phi) is 5.50. The Labute approximate surface area is 228 Å². The van der Waals surface area contributed by atoms with E-state index in [1.54, 1.807) is 0 Å². The van der Waals surface area contributed by atoms with Gasteiger partial charge in [-0.2, -0.15) is 0 Å². The standard InChI is InChI=1S/C37H25Cl/c38-32-23-19-28(20-24-32)29-11-8-12-31(25-29)37(30-21-17-27(18-22-30)26-9-2-1-3-10-26)35-15-6-4-13-33(35)34-14-5-7-16-36(34)37/h1-25H. The van der Waals surface area contributed by atoms with Crippen LogP contribution in [0, 0.1) is 0 Å². The van der Waals surface area contributed by atoms with Crippen molar-refractivity contribution >= 4 is 11.6 Å². The molecule has 0 saturated carbocycles. The molecule has 0 bridgehead atoms. The highest BCUT2D eigenvalue weighted by Crippen LogP contribution is 2.56. The van der Waals surface area contributed by atoms with Gasteiger partial charge >= 0.3 is 0 Å². The van der Waals surface area contributed by atoms with Crippen molar-refractivity contribution in [2.75, 3.05) is 0 Å². The molecular formula is C37H25Cl. The van der Waals surface area contributed by atoms with E-state index in [0.717, 1.165) is 10.6 Å². The van der Waals surface area contributed by atoms with Gasteiger partial charge in [0.1, 0.15) is 0 Å². The molecule has 0 nitrogen and oxygen atoms in total. The lowest BCUT2D eigenvalue weighted by Gasteiger charge is -2.34. The van der Waals surface area contributed by atoms with Gasteiger partial charge in [-0.15, -0.1) is 0 Å². The lowest BCUT2D eigenvalue weighted by molar-refractivity contribution is 0.769. The van der Waals surface area contributed by atoms with Gasteiger partial charge in [0.2, 0.25) is 0 Å². The largest absolute Gasteiger partial charge is 0.0843 e. The van der Waals surface area contributed by atoms with Gasteiger partial charge in [0.25, 0.3) is 0 Å². The van der Waals surface area contributed by atoms with E-state index in [-0.39, 0.29) is 0 Å². The van der Waals surface area contributed by atoms with Gasteiger partial charge in [-0.1, -0.05) is 145 Å². The van der Waals surface area contributed by atoms with Gasteiger partial charge in [-0.3, -0.25) is 0 Å². The molecular weight excluding hydrogens is 480 g/mol. The van der Waals surface area contributed by atoms with Gasteiger partial charge in [-0.05, 0) is 73.8 Å². The third-order valence-electron chi connectivity index (χ3n) is 7.85. The summed E-state index contributed by atoms with van der Waals surface area (Å²) in [6.45, 7) is 0. The summed E-state index contributed by atoms with van der Waals surface area (Å²) in [6.07, 6.45) is 0. The molecule has 0 atom stereocenters. The SMILES string of the molecule is Clc1ccc(-c2cccc(C3(c4ccc(-c5ccccc5)cc4)c4ccccc4-c4ccccc43)c2)cc1. The highest BCUT2D eigenvalue weighted by atomic mass is 35.5. The van der Waals surface area contributed by atoms with Crippen LogP contribution in [0.4, 0.5) is 0 Å². The fraction of sp³-hybridized carbons (Fsp3) is 0.0270. The van der Waals surface area contributed by atoms with Gasteiger partial charge in [0, 0.05) is 5.02 Å². The molecule has 7 rings (SSSR count). The predicted octanol–water partition coefficient (Wildman–Crippen LogP) is 10.0. The normalized spacial score (nSPS) is 13.1. The van der Waals surface area contributed by atoms with Crippen molar-refractivity contribution in [1.29, 1.82) is 0 Å². The summed E-state index contributed by atoms with van der Waals surface area (Å²) in [7, 11) is 0. The Morgan fingerprint density at radius 2 is 0.868 bits per heavy atom. The minimum Gasteiger partial charge on any atom is -0.0843 e. The van der Waals surface area contributed by atoms with Crippen LogP contribution in [-0.4, -0.2) is 0 Å². The van der Waals surface area contributed by atoms with Crippen LogP contribution in [0.3, 0.4) is 0 Å². The van der Waals surface area contributed by atoms with E-state index in [0.29, 0.717) is 0 Å². The van der Waals surface area contributed by atoms with Crippen LogP contribution in [0.15, 0.2) is 152 Å². The predicted molar refractivity (Wildman–Crippen MR) is 160 cm³/mol. The number of benzene rings is 6. The van der Waals surface area contributed by atoms with Crippen molar-refractivity contribution in [3.8, 4) is 33.4 Å². The van der Waals surface area contributed by atoms with Crippen molar-refractivity contribution in [1.82, 2.24) is 0 Å². The molecule has 0 aromatic heterocycles. The van der Waals surface area contributed by atoms with Crippen LogP contribution in [0.1, 0.15) is 22.3 Å². The molecule has 6 aromatic carbocycles. The van der Waals surface area contributed by atoms with E-state index in [4.69, 9.17) is 11.6 Å². The minimum atomic E-state index is -0.426. The lowest BCUT2D eigenvalue weighted by Crippen LogP contribution is -2.28. The third-order valence-corrected chi connectivity index (χ3v) is 8.10. The third kappa shape index (κ3) is 3.53. The molecule has 0 heterocycles.